The first-order valence-corrected chi connectivity index (χ1v) is 12.2. The van der Waals surface area contributed by atoms with E-state index in [1.165, 1.54) is 0 Å². The summed E-state index contributed by atoms with van der Waals surface area (Å²) < 4.78 is 17.4. The molecule has 5 heteroatoms. The SMILES string of the molecule is CCC(C)(CC(C)(C)C(=O)Oc1c2ccccc2cc2ccccc12)C(=O)OC1CCCCO1. The second-order valence-electron chi connectivity index (χ2n) is 10.2. The molecule has 0 N–H and O–H groups in total. The number of fused-ring (bicyclic) bond motifs is 2. The quantitative estimate of drug-likeness (QED) is 0.219. The summed E-state index contributed by atoms with van der Waals surface area (Å²) >= 11 is 0. The Morgan fingerprint density at radius 3 is 2.12 bits per heavy atom. The highest BCUT2D eigenvalue weighted by molar-refractivity contribution is 6.06. The molecule has 0 aromatic heterocycles. The number of hydrogen-bond acceptors (Lipinski definition) is 5. The Hall–Kier alpha value is -2.92. The van der Waals surface area contributed by atoms with E-state index in [9.17, 15) is 9.59 Å². The number of ether oxygens (including phenoxy) is 3. The molecule has 3 aromatic rings. The van der Waals surface area contributed by atoms with Crippen LogP contribution in [0, 0.1) is 10.8 Å². The summed E-state index contributed by atoms with van der Waals surface area (Å²) in [6.07, 6.45) is 3.05. The molecule has 0 bridgehead atoms. The minimum absolute atomic E-state index is 0.309. The second kappa shape index (κ2) is 9.75. The molecule has 3 aromatic carbocycles. The molecule has 0 amide bonds. The third-order valence-corrected chi connectivity index (χ3v) is 6.95. The molecule has 1 aliphatic heterocycles. The maximum atomic E-state index is 13.5. The Kier molecular flexibility index (Phi) is 6.94. The smallest absolute Gasteiger partial charge is 0.316 e. The number of carbonyl (C=O) groups is 2. The second-order valence-corrected chi connectivity index (χ2v) is 10.2. The van der Waals surface area contributed by atoms with E-state index >= 15 is 0 Å². The van der Waals surface area contributed by atoms with E-state index in [4.69, 9.17) is 14.2 Å². The van der Waals surface area contributed by atoms with Gasteiger partial charge in [0.05, 0.1) is 17.4 Å². The molecule has 1 saturated heterocycles. The number of esters is 2. The lowest BCUT2D eigenvalue weighted by Crippen LogP contribution is -2.41. The lowest BCUT2D eigenvalue weighted by Gasteiger charge is -2.35. The highest BCUT2D eigenvalue weighted by atomic mass is 16.7. The Balaban J connectivity index is 1.58. The van der Waals surface area contributed by atoms with Crippen LogP contribution < -0.4 is 4.74 Å². The van der Waals surface area contributed by atoms with Gasteiger partial charge >= 0.3 is 11.9 Å². The van der Waals surface area contributed by atoms with Gasteiger partial charge in [-0.25, -0.2) is 0 Å². The summed E-state index contributed by atoms with van der Waals surface area (Å²) in [5.74, 6) is -0.128. The van der Waals surface area contributed by atoms with Gasteiger partial charge in [-0.15, -0.1) is 0 Å². The zero-order valence-electron chi connectivity index (χ0n) is 20.6. The number of hydrogen-bond donors (Lipinski definition) is 0. The Labute approximate surface area is 201 Å². The first kappa shape index (κ1) is 24.2. The molecule has 4 rings (SSSR count). The van der Waals surface area contributed by atoms with Crippen LogP contribution in [0.3, 0.4) is 0 Å². The van der Waals surface area contributed by atoms with Crippen LogP contribution in [-0.4, -0.2) is 24.8 Å². The molecule has 2 unspecified atom stereocenters. The summed E-state index contributed by atoms with van der Waals surface area (Å²) in [5.41, 5.74) is -1.74. The minimum Gasteiger partial charge on any atom is -0.435 e. The van der Waals surface area contributed by atoms with Crippen molar-refractivity contribution in [2.75, 3.05) is 6.61 Å². The van der Waals surface area contributed by atoms with Crippen LogP contribution in [0.25, 0.3) is 21.5 Å². The van der Waals surface area contributed by atoms with Gasteiger partial charge in [-0.05, 0) is 63.3 Å². The monoisotopic (exact) mass is 462 g/mol. The van der Waals surface area contributed by atoms with Crippen LogP contribution in [0.1, 0.15) is 59.8 Å². The van der Waals surface area contributed by atoms with Gasteiger partial charge in [0.25, 0.3) is 0 Å². The van der Waals surface area contributed by atoms with Gasteiger partial charge in [-0.2, -0.15) is 0 Å². The molecule has 1 fully saturated rings. The molecule has 0 saturated carbocycles. The summed E-state index contributed by atoms with van der Waals surface area (Å²) in [4.78, 5) is 26.6. The molecular formula is C29H34O5. The van der Waals surface area contributed by atoms with Crippen LogP contribution in [0.15, 0.2) is 54.6 Å². The fourth-order valence-corrected chi connectivity index (χ4v) is 4.77. The third kappa shape index (κ3) is 4.95. The molecule has 0 aliphatic carbocycles. The summed E-state index contributed by atoms with van der Waals surface area (Å²) in [7, 11) is 0. The maximum Gasteiger partial charge on any atom is 0.316 e. The Bertz CT molecular complexity index is 1140. The van der Waals surface area contributed by atoms with E-state index in [2.05, 4.69) is 6.07 Å². The Morgan fingerprint density at radius 2 is 1.56 bits per heavy atom. The van der Waals surface area contributed by atoms with E-state index < -0.39 is 17.1 Å². The van der Waals surface area contributed by atoms with Crippen LogP contribution in [0.4, 0.5) is 0 Å². The van der Waals surface area contributed by atoms with Crippen molar-refractivity contribution in [3.8, 4) is 5.75 Å². The highest BCUT2D eigenvalue weighted by Crippen LogP contribution is 2.41. The molecule has 0 spiro atoms. The first-order chi connectivity index (χ1) is 16.2. The van der Waals surface area contributed by atoms with Gasteiger partial charge in [0.15, 0.2) is 0 Å². The van der Waals surface area contributed by atoms with Gasteiger partial charge in [-0.1, -0.05) is 55.5 Å². The number of benzene rings is 3. The normalized spacial score (nSPS) is 18.4. The van der Waals surface area contributed by atoms with E-state index in [1.54, 1.807) is 0 Å². The van der Waals surface area contributed by atoms with Crippen molar-refractivity contribution < 1.29 is 23.8 Å². The molecule has 0 radical (unpaired) electrons. The minimum atomic E-state index is -0.907. The molecule has 5 nitrogen and oxygen atoms in total. The lowest BCUT2D eigenvalue weighted by atomic mass is 9.72. The molecule has 34 heavy (non-hydrogen) atoms. The largest absolute Gasteiger partial charge is 0.435 e. The zero-order chi connectivity index (χ0) is 24.3. The average Bonchev–Trinajstić information content (AvgIpc) is 2.84. The predicted octanol–water partition coefficient (Wildman–Crippen LogP) is 6.80. The maximum absolute atomic E-state index is 13.5. The van der Waals surface area contributed by atoms with E-state index in [1.807, 2.05) is 76.2 Å². The summed E-state index contributed by atoms with van der Waals surface area (Å²) in [6, 6.07) is 17.9. The predicted molar refractivity (Wildman–Crippen MR) is 134 cm³/mol. The van der Waals surface area contributed by atoms with Gasteiger partial charge in [0.2, 0.25) is 6.29 Å². The van der Waals surface area contributed by atoms with Gasteiger partial charge in [0, 0.05) is 17.2 Å². The van der Waals surface area contributed by atoms with Crippen molar-refractivity contribution in [1.29, 1.82) is 0 Å². The fourth-order valence-electron chi connectivity index (χ4n) is 4.77. The number of rotatable bonds is 7. The lowest BCUT2D eigenvalue weighted by molar-refractivity contribution is -0.198. The van der Waals surface area contributed by atoms with Crippen LogP contribution in [0.5, 0.6) is 5.75 Å². The number of carbonyl (C=O) groups excluding carboxylic acids is 2. The van der Waals surface area contributed by atoms with Crippen molar-refractivity contribution in [2.45, 2.75) is 66.1 Å². The molecule has 1 aliphatic rings. The summed E-state index contributed by atoms with van der Waals surface area (Å²) in [6.45, 7) is 8.09. The molecule has 1 heterocycles. The van der Waals surface area contributed by atoms with E-state index in [0.29, 0.717) is 31.6 Å². The van der Waals surface area contributed by atoms with Crippen LogP contribution in [-0.2, 0) is 19.1 Å². The Morgan fingerprint density at radius 1 is 0.941 bits per heavy atom. The zero-order valence-corrected chi connectivity index (χ0v) is 20.6. The van der Waals surface area contributed by atoms with Crippen molar-refractivity contribution in [2.24, 2.45) is 10.8 Å². The summed E-state index contributed by atoms with van der Waals surface area (Å²) in [5, 5.41) is 3.79. The van der Waals surface area contributed by atoms with Gasteiger partial charge in [0.1, 0.15) is 5.75 Å². The van der Waals surface area contributed by atoms with Crippen LogP contribution >= 0.6 is 0 Å². The molecular weight excluding hydrogens is 428 g/mol. The highest BCUT2D eigenvalue weighted by Gasteiger charge is 2.44. The van der Waals surface area contributed by atoms with Crippen LogP contribution in [0.2, 0.25) is 0 Å². The third-order valence-electron chi connectivity index (χ3n) is 6.95. The topological polar surface area (TPSA) is 61.8 Å². The fraction of sp³-hybridized carbons (Fsp3) is 0.448. The van der Waals surface area contributed by atoms with E-state index in [-0.39, 0.29) is 11.9 Å². The van der Waals surface area contributed by atoms with Crippen molar-refractivity contribution in [3.63, 3.8) is 0 Å². The van der Waals surface area contributed by atoms with Crippen molar-refractivity contribution in [1.82, 2.24) is 0 Å². The average molecular weight is 463 g/mol. The molecule has 180 valence electrons. The van der Waals surface area contributed by atoms with Crippen molar-refractivity contribution in [3.05, 3.63) is 54.6 Å². The van der Waals surface area contributed by atoms with E-state index in [0.717, 1.165) is 34.4 Å². The standard InChI is InChI=1S/C29H34O5/c1-5-29(4,27(31)33-24-16-10-11-17-32-24)19-28(2,3)26(30)34-25-22-14-8-6-12-20(22)18-21-13-7-9-15-23(21)25/h6-9,12-15,18,24H,5,10-11,16-17,19H2,1-4H3. The van der Waals surface area contributed by atoms with Gasteiger partial charge in [-0.3, -0.25) is 9.59 Å². The van der Waals surface area contributed by atoms with Gasteiger partial charge < -0.3 is 14.2 Å². The first-order valence-electron chi connectivity index (χ1n) is 12.2. The molecule has 2 atom stereocenters. The van der Waals surface area contributed by atoms with Crippen molar-refractivity contribution >= 4 is 33.5 Å².